The molecule has 0 saturated carbocycles. The first-order chi connectivity index (χ1) is 9.70. The largest absolute Gasteiger partial charge is 0.506 e. The smallest absolute Gasteiger partial charge is 0.365 e. The summed E-state index contributed by atoms with van der Waals surface area (Å²) in [6, 6.07) is 9.22. The van der Waals surface area contributed by atoms with Gasteiger partial charge < -0.3 is 19.3 Å². The van der Waals surface area contributed by atoms with E-state index < -0.39 is 35.9 Å². The molecule has 0 aromatic heterocycles. The Morgan fingerprint density at radius 3 is 2.65 bits per heavy atom. The normalized spacial score (nSPS) is 29.6. The lowest BCUT2D eigenvalue weighted by Crippen LogP contribution is -2.30. The summed E-state index contributed by atoms with van der Waals surface area (Å²) in [5.74, 6) is -1.46. The van der Waals surface area contributed by atoms with Crippen LogP contribution in [-0.2, 0) is 19.0 Å². The van der Waals surface area contributed by atoms with Gasteiger partial charge in [0.15, 0.2) is 18.2 Å². The minimum absolute atomic E-state index is 0.133. The monoisotopic (exact) mass is 277 g/mol. The van der Waals surface area contributed by atoms with Crippen LogP contribution in [0.5, 0.6) is 0 Å². The second kappa shape index (κ2) is 5.03. The number of aliphatic hydroxyl groups excluding tert-OH is 1. The van der Waals surface area contributed by atoms with E-state index >= 15 is 0 Å². The molecular formula is C13H11NO6. The molecule has 1 saturated heterocycles. The first-order valence-corrected chi connectivity index (χ1v) is 6.00. The zero-order valence-electron chi connectivity index (χ0n) is 10.3. The highest BCUT2D eigenvalue weighted by Crippen LogP contribution is 2.33. The topological polar surface area (TPSA) is 94.4 Å². The van der Waals surface area contributed by atoms with Gasteiger partial charge in [-0.25, -0.2) is 4.79 Å². The van der Waals surface area contributed by atoms with Gasteiger partial charge in [0.2, 0.25) is 5.70 Å². The van der Waals surface area contributed by atoms with Crippen molar-refractivity contribution in [2.24, 2.45) is 5.18 Å². The molecule has 0 amide bonds. The Labute approximate surface area is 113 Å². The molecule has 0 radical (unpaired) electrons. The van der Waals surface area contributed by atoms with Crippen molar-refractivity contribution in [3.63, 3.8) is 0 Å². The van der Waals surface area contributed by atoms with E-state index in [0.29, 0.717) is 0 Å². The van der Waals surface area contributed by atoms with Gasteiger partial charge in [0, 0.05) is 5.56 Å². The molecule has 7 nitrogen and oxygen atoms in total. The van der Waals surface area contributed by atoms with Crippen LogP contribution in [0.25, 0.3) is 0 Å². The Morgan fingerprint density at radius 2 is 2.00 bits per heavy atom. The van der Waals surface area contributed by atoms with Crippen LogP contribution in [0.4, 0.5) is 0 Å². The molecule has 1 N–H and O–H groups in total. The van der Waals surface area contributed by atoms with Crippen molar-refractivity contribution in [1.82, 2.24) is 0 Å². The molecule has 1 aromatic rings. The Bertz CT molecular complexity index is 569. The Kier molecular flexibility index (Phi) is 3.21. The van der Waals surface area contributed by atoms with E-state index in [1.165, 1.54) is 0 Å². The second-order valence-electron chi connectivity index (χ2n) is 4.40. The standard InChI is InChI=1S/C13H11NO6/c15-10-9(14-17)12(16)20-11(10)8-6-18-13(19-8)7-4-2-1-3-5-7/h1-5,8,11,13,15H,6H2. The van der Waals surface area contributed by atoms with Gasteiger partial charge in [-0.3, -0.25) is 0 Å². The van der Waals surface area contributed by atoms with Crippen LogP contribution in [0, 0.1) is 4.91 Å². The zero-order chi connectivity index (χ0) is 14.1. The molecule has 2 aliphatic heterocycles. The minimum Gasteiger partial charge on any atom is -0.506 e. The number of carbonyl (C=O) groups is 1. The third-order valence-electron chi connectivity index (χ3n) is 3.15. The van der Waals surface area contributed by atoms with E-state index in [2.05, 4.69) is 5.18 Å². The van der Waals surface area contributed by atoms with E-state index in [9.17, 15) is 14.8 Å². The van der Waals surface area contributed by atoms with Gasteiger partial charge in [-0.05, 0) is 5.18 Å². The molecule has 2 heterocycles. The molecule has 2 aliphatic rings. The van der Waals surface area contributed by atoms with Crippen molar-refractivity contribution < 1.29 is 24.1 Å². The van der Waals surface area contributed by atoms with Gasteiger partial charge in [-0.1, -0.05) is 30.3 Å². The summed E-state index contributed by atoms with van der Waals surface area (Å²) in [7, 11) is 0. The van der Waals surface area contributed by atoms with Crippen molar-refractivity contribution in [1.29, 1.82) is 0 Å². The summed E-state index contributed by atoms with van der Waals surface area (Å²) in [5, 5.41) is 12.2. The van der Waals surface area contributed by atoms with Gasteiger partial charge in [-0.2, -0.15) is 0 Å². The van der Waals surface area contributed by atoms with Crippen LogP contribution < -0.4 is 0 Å². The van der Waals surface area contributed by atoms with Crippen LogP contribution in [0.15, 0.2) is 47.0 Å². The molecule has 104 valence electrons. The summed E-state index contributed by atoms with van der Waals surface area (Å²) in [6.07, 6.45) is -2.33. The fourth-order valence-corrected chi connectivity index (χ4v) is 2.17. The molecule has 0 aliphatic carbocycles. The maximum Gasteiger partial charge on any atom is 0.365 e. The molecule has 1 fully saturated rings. The number of aliphatic hydroxyl groups is 1. The van der Waals surface area contributed by atoms with Gasteiger partial charge in [0.05, 0.1) is 6.61 Å². The van der Waals surface area contributed by atoms with Gasteiger partial charge in [-0.15, -0.1) is 4.91 Å². The van der Waals surface area contributed by atoms with E-state index in [1.807, 2.05) is 30.3 Å². The molecule has 20 heavy (non-hydrogen) atoms. The lowest BCUT2D eigenvalue weighted by Gasteiger charge is -2.16. The van der Waals surface area contributed by atoms with Gasteiger partial charge in [0.25, 0.3) is 0 Å². The average molecular weight is 277 g/mol. The first kappa shape index (κ1) is 12.8. The van der Waals surface area contributed by atoms with E-state index in [-0.39, 0.29) is 6.61 Å². The third-order valence-corrected chi connectivity index (χ3v) is 3.15. The van der Waals surface area contributed by atoms with Crippen molar-refractivity contribution in [2.75, 3.05) is 6.61 Å². The predicted octanol–water partition coefficient (Wildman–Crippen LogP) is 1.56. The Hall–Kier alpha value is -2.25. The predicted molar refractivity (Wildman–Crippen MR) is 65.3 cm³/mol. The number of benzene rings is 1. The zero-order valence-corrected chi connectivity index (χ0v) is 10.3. The fraction of sp³-hybridized carbons (Fsp3) is 0.308. The van der Waals surface area contributed by atoms with Crippen molar-refractivity contribution in [3.05, 3.63) is 52.3 Å². The SMILES string of the molecule is O=NC1=C(O)C(C2COC(c3ccccc3)O2)OC1=O. The van der Waals surface area contributed by atoms with Crippen molar-refractivity contribution in [3.8, 4) is 0 Å². The number of ether oxygens (including phenoxy) is 3. The first-order valence-electron chi connectivity index (χ1n) is 6.00. The molecule has 3 rings (SSSR count). The second-order valence-corrected chi connectivity index (χ2v) is 4.40. The Morgan fingerprint density at radius 1 is 1.25 bits per heavy atom. The molecule has 3 unspecified atom stereocenters. The number of cyclic esters (lactones) is 1. The number of nitrogens with zero attached hydrogens (tertiary/aromatic N) is 1. The van der Waals surface area contributed by atoms with Crippen LogP contribution in [0.1, 0.15) is 11.9 Å². The van der Waals surface area contributed by atoms with Crippen LogP contribution in [-0.4, -0.2) is 29.9 Å². The van der Waals surface area contributed by atoms with Gasteiger partial charge >= 0.3 is 5.97 Å². The summed E-state index contributed by atoms with van der Waals surface area (Å²) in [6.45, 7) is 0.133. The number of rotatable bonds is 3. The lowest BCUT2D eigenvalue weighted by molar-refractivity contribution is -0.147. The van der Waals surface area contributed by atoms with Crippen LogP contribution in [0.3, 0.4) is 0 Å². The molecular weight excluding hydrogens is 266 g/mol. The number of carbonyl (C=O) groups excluding carboxylic acids is 1. The van der Waals surface area contributed by atoms with Gasteiger partial charge in [0.1, 0.15) is 6.10 Å². The highest BCUT2D eigenvalue weighted by atomic mass is 16.7. The number of hydrogen-bond acceptors (Lipinski definition) is 7. The van der Waals surface area contributed by atoms with E-state index in [1.54, 1.807) is 0 Å². The van der Waals surface area contributed by atoms with Crippen molar-refractivity contribution in [2.45, 2.75) is 18.5 Å². The summed E-state index contributed by atoms with van der Waals surface area (Å²) < 4.78 is 15.9. The average Bonchev–Trinajstić information content (AvgIpc) is 3.05. The number of hydrogen-bond donors (Lipinski definition) is 1. The number of esters is 1. The summed E-state index contributed by atoms with van der Waals surface area (Å²) in [4.78, 5) is 21.7. The highest BCUT2D eigenvalue weighted by molar-refractivity contribution is 5.91. The van der Waals surface area contributed by atoms with E-state index in [4.69, 9.17) is 14.2 Å². The maximum atomic E-state index is 11.3. The third kappa shape index (κ3) is 2.06. The molecule has 3 atom stereocenters. The summed E-state index contributed by atoms with van der Waals surface area (Å²) in [5.41, 5.74) is 0.207. The molecule has 1 aromatic carbocycles. The van der Waals surface area contributed by atoms with E-state index in [0.717, 1.165) is 5.56 Å². The van der Waals surface area contributed by atoms with Crippen molar-refractivity contribution >= 4 is 5.97 Å². The minimum atomic E-state index is -1.05. The summed E-state index contributed by atoms with van der Waals surface area (Å²) >= 11 is 0. The molecule has 0 bridgehead atoms. The quantitative estimate of drug-likeness (QED) is 0.665. The van der Waals surface area contributed by atoms with Crippen LogP contribution >= 0.6 is 0 Å². The van der Waals surface area contributed by atoms with Crippen LogP contribution in [0.2, 0.25) is 0 Å². The molecule has 7 heteroatoms. The lowest BCUT2D eigenvalue weighted by atomic mass is 10.2. The number of nitroso groups, excluding NO2 is 1. The maximum absolute atomic E-state index is 11.3. The fourth-order valence-electron chi connectivity index (χ4n) is 2.17. The Balaban J connectivity index is 1.74. The molecule has 0 spiro atoms. The highest BCUT2D eigenvalue weighted by Gasteiger charge is 2.45.